The second-order valence-corrected chi connectivity index (χ2v) is 5.31. The second kappa shape index (κ2) is 5.93. The Morgan fingerprint density at radius 2 is 1.95 bits per heavy atom. The van der Waals surface area contributed by atoms with Crippen LogP contribution in [0.4, 0.5) is 5.69 Å². The van der Waals surface area contributed by atoms with Crippen LogP contribution in [0.3, 0.4) is 0 Å². The first-order valence-electron chi connectivity index (χ1n) is 5.63. The van der Waals surface area contributed by atoms with E-state index in [0.29, 0.717) is 5.02 Å². The van der Waals surface area contributed by atoms with Crippen LogP contribution in [0, 0.1) is 0 Å². The maximum absolute atomic E-state index is 11.6. The average molecular weight is 286 g/mol. The van der Waals surface area contributed by atoms with Crippen LogP contribution >= 0.6 is 11.6 Å². The van der Waals surface area contributed by atoms with Crippen molar-refractivity contribution < 1.29 is 19.1 Å². The molecule has 0 spiro atoms. The standard InChI is InChI=1S/C13H16ClNO4/c1-13(2,3)19-11(16)7-18-12(17)8-4-5-9(14)10(15)6-8/h4-6H,7,15H2,1-3H3. The summed E-state index contributed by atoms with van der Waals surface area (Å²) < 4.78 is 9.82. The van der Waals surface area contributed by atoms with Gasteiger partial charge in [0.2, 0.25) is 0 Å². The number of rotatable bonds is 3. The van der Waals surface area contributed by atoms with Gasteiger partial charge in [0.1, 0.15) is 5.60 Å². The molecule has 0 saturated carbocycles. The molecule has 0 aliphatic carbocycles. The Hall–Kier alpha value is -1.75. The highest BCUT2D eigenvalue weighted by molar-refractivity contribution is 6.33. The third-order valence-corrected chi connectivity index (χ3v) is 2.32. The molecular weight excluding hydrogens is 270 g/mol. The molecule has 6 heteroatoms. The highest BCUT2D eigenvalue weighted by atomic mass is 35.5. The topological polar surface area (TPSA) is 78.6 Å². The van der Waals surface area contributed by atoms with E-state index in [4.69, 9.17) is 26.8 Å². The van der Waals surface area contributed by atoms with E-state index < -0.39 is 24.1 Å². The van der Waals surface area contributed by atoms with Crippen LogP contribution in [-0.2, 0) is 14.3 Å². The molecule has 19 heavy (non-hydrogen) atoms. The summed E-state index contributed by atoms with van der Waals surface area (Å²) in [5, 5.41) is 0.351. The van der Waals surface area contributed by atoms with Crippen molar-refractivity contribution >= 4 is 29.2 Å². The van der Waals surface area contributed by atoms with Crippen molar-refractivity contribution in [3.05, 3.63) is 28.8 Å². The summed E-state index contributed by atoms with van der Waals surface area (Å²) in [5.74, 6) is -1.27. The van der Waals surface area contributed by atoms with Gasteiger partial charge in [-0.15, -0.1) is 0 Å². The number of nitrogens with two attached hydrogens (primary N) is 1. The third-order valence-electron chi connectivity index (χ3n) is 1.97. The van der Waals surface area contributed by atoms with E-state index in [2.05, 4.69) is 0 Å². The summed E-state index contributed by atoms with van der Waals surface area (Å²) in [6.45, 7) is 4.74. The summed E-state index contributed by atoms with van der Waals surface area (Å²) in [7, 11) is 0. The van der Waals surface area contributed by atoms with Gasteiger partial charge in [0.15, 0.2) is 6.61 Å². The molecule has 0 radical (unpaired) electrons. The number of carbonyl (C=O) groups is 2. The van der Waals surface area contributed by atoms with Crippen LogP contribution in [0.5, 0.6) is 0 Å². The van der Waals surface area contributed by atoms with Gasteiger partial charge in [-0.25, -0.2) is 9.59 Å². The lowest BCUT2D eigenvalue weighted by Gasteiger charge is -2.19. The van der Waals surface area contributed by atoms with Crippen LogP contribution in [0.15, 0.2) is 18.2 Å². The van der Waals surface area contributed by atoms with Crippen molar-refractivity contribution in [2.24, 2.45) is 0 Å². The highest BCUT2D eigenvalue weighted by Gasteiger charge is 2.18. The van der Waals surface area contributed by atoms with Gasteiger partial charge in [-0.1, -0.05) is 11.6 Å². The Balaban J connectivity index is 2.56. The quantitative estimate of drug-likeness (QED) is 0.681. The van der Waals surface area contributed by atoms with Crippen molar-refractivity contribution in [2.45, 2.75) is 26.4 Å². The average Bonchev–Trinajstić information content (AvgIpc) is 2.27. The fourth-order valence-corrected chi connectivity index (χ4v) is 1.37. The minimum atomic E-state index is -0.658. The Morgan fingerprint density at radius 3 is 2.47 bits per heavy atom. The molecule has 0 fully saturated rings. The fourth-order valence-electron chi connectivity index (χ4n) is 1.25. The van der Waals surface area contributed by atoms with E-state index in [0.717, 1.165) is 0 Å². The van der Waals surface area contributed by atoms with E-state index >= 15 is 0 Å². The number of ether oxygens (including phenoxy) is 2. The largest absolute Gasteiger partial charge is 0.457 e. The van der Waals surface area contributed by atoms with Crippen molar-refractivity contribution in [1.82, 2.24) is 0 Å². The maximum Gasteiger partial charge on any atom is 0.344 e. The maximum atomic E-state index is 11.6. The number of hydrogen-bond acceptors (Lipinski definition) is 5. The minimum absolute atomic E-state index is 0.227. The van der Waals surface area contributed by atoms with Crippen molar-refractivity contribution in [3.8, 4) is 0 Å². The summed E-state index contributed by atoms with van der Waals surface area (Å²) in [6.07, 6.45) is 0. The first-order chi connectivity index (χ1) is 8.69. The summed E-state index contributed by atoms with van der Waals surface area (Å²) in [5.41, 5.74) is 5.45. The first kappa shape index (κ1) is 15.3. The van der Waals surface area contributed by atoms with Gasteiger partial charge in [-0.05, 0) is 39.0 Å². The Morgan fingerprint density at radius 1 is 1.32 bits per heavy atom. The van der Waals surface area contributed by atoms with Gasteiger partial charge in [0.05, 0.1) is 16.3 Å². The lowest BCUT2D eigenvalue weighted by Crippen LogP contribution is -2.27. The van der Waals surface area contributed by atoms with Gasteiger partial charge in [0, 0.05) is 0 Å². The lowest BCUT2D eigenvalue weighted by molar-refractivity contribution is -0.158. The highest BCUT2D eigenvalue weighted by Crippen LogP contribution is 2.19. The fraction of sp³-hybridized carbons (Fsp3) is 0.385. The molecule has 5 nitrogen and oxygen atoms in total. The Bertz CT molecular complexity index is 494. The molecule has 0 unspecified atom stereocenters. The second-order valence-electron chi connectivity index (χ2n) is 4.90. The zero-order valence-electron chi connectivity index (χ0n) is 11.0. The number of anilines is 1. The summed E-state index contributed by atoms with van der Waals surface area (Å²) in [6, 6.07) is 4.34. The van der Waals surface area contributed by atoms with E-state index in [-0.39, 0.29) is 11.3 Å². The van der Waals surface area contributed by atoms with E-state index in [9.17, 15) is 9.59 Å². The molecular formula is C13H16ClNO4. The molecule has 0 atom stereocenters. The zero-order chi connectivity index (χ0) is 14.6. The van der Waals surface area contributed by atoms with Gasteiger partial charge >= 0.3 is 11.9 Å². The van der Waals surface area contributed by atoms with Gasteiger partial charge in [-0.2, -0.15) is 0 Å². The van der Waals surface area contributed by atoms with Gasteiger partial charge < -0.3 is 15.2 Å². The number of carbonyl (C=O) groups excluding carboxylic acids is 2. The number of esters is 2. The third kappa shape index (κ3) is 5.18. The summed E-state index contributed by atoms with van der Waals surface area (Å²) in [4.78, 5) is 23.0. The Kier molecular flexibility index (Phi) is 4.78. The Labute approximate surface area is 116 Å². The molecule has 2 N–H and O–H groups in total. The molecule has 1 aromatic carbocycles. The number of nitrogen functional groups attached to an aromatic ring is 1. The molecule has 104 valence electrons. The first-order valence-corrected chi connectivity index (χ1v) is 6.01. The van der Waals surface area contributed by atoms with Crippen LogP contribution in [0.25, 0.3) is 0 Å². The molecule has 0 aliphatic rings. The molecule has 0 saturated heterocycles. The van der Waals surface area contributed by atoms with E-state index in [1.165, 1.54) is 18.2 Å². The molecule has 0 bridgehead atoms. The van der Waals surface area contributed by atoms with Crippen LogP contribution in [-0.4, -0.2) is 24.1 Å². The van der Waals surface area contributed by atoms with Gasteiger partial charge in [-0.3, -0.25) is 0 Å². The molecule has 0 amide bonds. The van der Waals surface area contributed by atoms with Crippen molar-refractivity contribution in [2.75, 3.05) is 12.3 Å². The molecule has 0 aliphatic heterocycles. The van der Waals surface area contributed by atoms with Gasteiger partial charge in [0.25, 0.3) is 0 Å². The van der Waals surface area contributed by atoms with Crippen LogP contribution in [0.2, 0.25) is 5.02 Å². The minimum Gasteiger partial charge on any atom is -0.457 e. The molecule has 0 aromatic heterocycles. The lowest BCUT2D eigenvalue weighted by atomic mass is 10.2. The van der Waals surface area contributed by atoms with E-state index in [1.54, 1.807) is 20.8 Å². The zero-order valence-corrected chi connectivity index (χ0v) is 11.8. The van der Waals surface area contributed by atoms with Crippen LogP contribution in [0.1, 0.15) is 31.1 Å². The number of halogens is 1. The van der Waals surface area contributed by atoms with Crippen molar-refractivity contribution in [3.63, 3.8) is 0 Å². The molecule has 1 rings (SSSR count). The predicted octanol–water partition coefficient (Wildman–Crippen LogP) is 2.42. The number of hydrogen-bond donors (Lipinski definition) is 1. The normalized spacial score (nSPS) is 10.9. The van der Waals surface area contributed by atoms with E-state index in [1.807, 2.05) is 0 Å². The number of benzene rings is 1. The predicted molar refractivity (Wildman–Crippen MR) is 72.0 cm³/mol. The van der Waals surface area contributed by atoms with Crippen molar-refractivity contribution in [1.29, 1.82) is 0 Å². The smallest absolute Gasteiger partial charge is 0.344 e. The van der Waals surface area contributed by atoms with Crippen LogP contribution < -0.4 is 5.73 Å². The molecule has 0 heterocycles. The molecule has 1 aromatic rings. The monoisotopic (exact) mass is 285 g/mol. The SMILES string of the molecule is CC(C)(C)OC(=O)COC(=O)c1ccc(Cl)c(N)c1. The summed E-state index contributed by atoms with van der Waals surface area (Å²) >= 11 is 5.73.